The molecule has 3 heterocycles. The van der Waals surface area contributed by atoms with Crippen molar-refractivity contribution < 1.29 is 37.3 Å². The van der Waals surface area contributed by atoms with Crippen LogP contribution in [0.3, 0.4) is 0 Å². The summed E-state index contributed by atoms with van der Waals surface area (Å²) in [5.41, 5.74) is 7.50. The molecule has 0 bridgehead atoms. The molecule has 3 aliphatic carbocycles. The van der Waals surface area contributed by atoms with E-state index in [1.165, 1.54) is 69.5 Å². The van der Waals surface area contributed by atoms with Crippen LogP contribution in [0.5, 0.6) is 17.2 Å². The Kier molecular flexibility index (Phi) is 20.7. The third-order valence-corrected chi connectivity index (χ3v) is 13.6. The van der Waals surface area contributed by atoms with Crippen molar-refractivity contribution >= 4 is 107 Å². The number of aromatic hydroxyl groups is 1. The molecule has 6 aliphatic rings. The van der Waals surface area contributed by atoms with Gasteiger partial charge in [-0.2, -0.15) is 0 Å². The standard InChI is InChI=1S/C15H20NO3PS.C15H21NO2.C14H18NO3PS.2Tl.4H/c1-2-14(17)16-7-8-18-15-12-9-11(19-21-20)5-3-10(12)4-6-13(15)16;1-2-7-16-8-9-18-15-13-10-12(17)5-3-11(13)4-6-14(15)16;1-9(16)15-6-7-17-14-12-8-11(18-20-19)4-2-10(12)3-5-13(14)15;;;;;;/h3,5,9,13,15H,2,4,6-8,20H2,1H3;3,5,10,14-15,17H,2,4,6-9H2,1H3;2,4,8,13-14H,3,5-7,19H2,1H3;;;;;;/t13-,15-;14-,15-;13-,14-;;;;;;/m111....../s1/i2*1-1;;;;;;;. The average Bonchev–Trinajstić information content (AvgIpc) is 3.26. The first-order chi connectivity index (χ1) is 28.7. The predicted octanol–water partition coefficient (Wildman–Crippen LogP) is 6.52. The summed E-state index contributed by atoms with van der Waals surface area (Å²) in [6, 6.07) is 18.9. The van der Waals surface area contributed by atoms with E-state index in [0.29, 0.717) is 44.5 Å². The van der Waals surface area contributed by atoms with Crippen LogP contribution in [0.2, 0.25) is 0 Å². The van der Waals surface area contributed by atoms with Crippen molar-refractivity contribution in [2.24, 2.45) is 0 Å². The van der Waals surface area contributed by atoms with Crippen LogP contribution in [-0.2, 0) is 43.1 Å². The van der Waals surface area contributed by atoms with Gasteiger partial charge in [0.05, 0.1) is 61.3 Å². The van der Waals surface area contributed by atoms with Crippen LogP contribution in [0.4, 0.5) is 0 Å². The monoisotopic (exact) mass is 1300 g/mol. The van der Waals surface area contributed by atoms with E-state index in [1.807, 2.05) is 47.1 Å². The molecule has 0 saturated carbocycles. The van der Waals surface area contributed by atoms with E-state index >= 15 is 0 Å². The Labute approximate surface area is 414 Å². The molecule has 17 heteroatoms. The van der Waals surface area contributed by atoms with Crippen LogP contribution in [0.15, 0.2) is 54.6 Å². The van der Waals surface area contributed by atoms with Gasteiger partial charge in [-0.1, -0.05) is 32.0 Å². The first-order valence-corrected chi connectivity index (χ1v) is 25.5. The summed E-state index contributed by atoms with van der Waals surface area (Å²) in [7, 11) is 4.95. The molecule has 3 aromatic rings. The van der Waals surface area contributed by atoms with E-state index in [9.17, 15) is 14.7 Å². The summed E-state index contributed by atoms with van der Waals surface area (Å²) < 4.78 is 28.9. The van der Waals surface area contributed by atoms with Crippen LogP contribution in [-0.4, -0.2) is 150 Å². The molecule has 9 rings (SSSR count). The first kappa shape index (κ1) is 51.2. The number of rotatable bonds is 7. The summed E-state index contributed by atoms with van der Waals surface area (Å²) >= 11 is 2.51. The van der Waals surface area contributed by atoms with Gasteiger partial charge in [-0.15, -0.1) is 0 Å². The van der Waals surface area contributed by atoms with E-state index in [1.54, 1.807) is 13.0 Å². The van der Waals surface area contributed by atoms with Crippen molar-refractivity contribution in [2.75, 3.05) is 46.0 Å². The Morgan fingerprint density at radius 1 is 0.689 bits per heavy atom. The summed E-state index contributed by atoms with van der Waals surface area (Å²) in [6.07, 6.45) is 8.05. The number of benzene rings is 3. The van der Waals surface area contributed by atoms with E-state index < -0.39 is 0 Å². The Balaban J connectivity index is 0.000000171. The minimum atomic E-state index is -0.0190. The van der Waals surface area contributed by atoms with Gasteiger partial charge >= 0.3 is 54.6 Å². The molecule has 2 radical (unpaired) electrons. The summed E-state index contributed by atoms with van der Waals surface area (Å²) in [5.74, 6) is 2.37. The van der Waals surface area contributed by atoms with Crippen LogP contribution in [0, 0.1) is 0 Å². The number of hydrogen-bond donors (Lipinski definition) is 1. The molecule has 3 fully saturated rings. The van der Waals surface area contributed by atoms with Crippen molar-refractivity contribution in [3.8, 4) is 17.2 Å². The number of phenolic OH excluding ortho intramolecular Hbond substituents is 1. The number of fused-ring (bicyclic) bond motifs is 9. The maximum absolute atomic E-state index is 12.1. The van der Waals surface area contributed by atoms with Gasteiger partial charge in [0.2, 0.25) is 11.8 Å². The second kappa shape index (κ2) is 24.7. The fourth-order valence-electron chi connectivity index (χ4n) is 9.84. The maximum atomic E-state index is 12.1. The molecule has 1 N–H and O–H groups in total. The zero-order chi connectivity index (χ0) is 41.5. The fourth-order valence-corrected chi connectivity index (χ4v) is 10.9. The molecule has 3 aromatic carbocycles. The molecule has 0 spiro atoms. The molecule has 11 nitrogen and oxygen atoms in total. The number of phenols is 1. The predicted molar refractivity (Wildman–Crippen MR) is 258 cm³/mol. The number of carbonyl (C=O) groups excluding carboxylic acids is 2. The zero-order valence-corrected chi connectivity index (χ0v) is 55.9. The number of carbonyl (C=O) groups is 2. The number of hydrogen-bond acceptors (Lipinski definition) is 11. The second-order valence-corrected chi connectivity index (χ2v) is 17.7. The molecule has 8 atom stereocenters. The van der Waals surface area contributed by atoms with Gasteiger partial charge in [-0.3, -0.25) is 14.5 Å². The number of ether oxygens (including phenoxy) is 3. The first-order valence-electron chi connectivity index (χ1n) is 21.0. The van der Waals surface area contributed by atoms with Gasteiger partial charge in [0.15, 0.2) is 0 Å². The average molecular weight is 1290 g/mol. The van der Waals surface area contributed by atoms with Gasteiger partial charge in [0.25, 0.3) is 0 Å². The Morgan fingerprint density at radius 3 is 1.66 bits per heavy atom. The molecule has 0 aromatic heterocycles. The van der Waals surface area contributed by atoms with Crippen molar-refractivity contribution in [2.45, 2.75) is 109 Å². The van der Waals surface area contributed by atoms with Crippen LogP contribution in [0.1, 0.15) is 105 Å². The molecule has 2 amide bonds. The molecule has 2 unspecified atom stereocenters. The fraction of sp³-hybridized carbons (Fsp3) is 0.545. The van der Waals surface area contributed by atoms with E-state index in [0.717, 1.165) is 63.3 Å². The zero-order valence-electron chi connectivity index (χ0n) is 36.4. The van der Waals surface area contributed by atoms with Crippen molar-refractivity contribution in [3.63, 3.8) is 0 Å². The van der Waals surface area contributed by atoms with Gasteiger partial charge in [-0.05, 0) is 138 Å². The van der Waals surface area contributed by atoms with Crippen LogP contribution >= 0.6 is 40.2 Å². The topological polar surface area (TPSA) is 110 Å². The normalized spacial score (nSPS) is 24.6. The third kappa shape index (κ3) is 12.2. The SMILES string of the molecule is CC(=O)N1CCO[C@@H]2c3cc(OSP)ccc3CC[C@H]21.[11CH3]CC(=O)N1CCO[C@@H]2c3cc(OSP)ccc3CC[C@H]21.[11CH3]CCN1CCO[C@@H]2c3cc(O)ccc3CC[C@H]21.[TlH2].[TlH2]. The molecule has 330 valence electrons. The summed E-state index contributed by atoms with van der Waals surface area (Å²) in [6.45, 7) is 11.4. The Hall–Kier alpha value is -0.756. The molecule has 3 saturated heterocycles. The van der Waals surface area contributed by atoms with E-state index in [-0.39, 0.29) is 96.8 Å². The van der Waals surface area contributed by atoms with E-state index in [2.05, 4.69) is 46.9 Å². The van der Waals surface area contributed by atoms with Crippen LogP contribution in [0.25, 0.3) is 0 Å². The second-order valence-electron chi connectivity index (χ2n) is 15.8. The number of morpholine rings is 3. The van der Waals surface area contributed by atoms with Gasteiger partial charge < -0.3 is 37.5 Å². The Bertz CT molecular complexity index is 1940. The van der Waals surface area contributed by atoms with Crippen molar-refractivity contribution in [1.82, 2.24) is 14.7 Å². The minimum absolute atomic E-state index is 0. The molecular formula is C44H63N3O8P2S2Tl2. The molecular weight excluding hydrogens is 1230 g/mol. The summed E-state index contributed by atoms with van der Waals surface area (Å²) in [5, 5.41) is 9.68. The van der Waals surface area contributed by atoms with Crippen molar-refractivity contribution in [3.05, 3.63) is 88.0 Å². The van der Waals surface area contributed by atoms with Gasteiger partial charge in [0, 0.05) is 39.0 Å². The Morgan fingerprint density at radius 2 is 1.15 bits per heavy atom. The third-order valence-electron chi connectivity index (χ3n) is 12.5. The molecule has 3 aliphatic heterocycles. The van der Waals surface area contributed by atoms with Gasteiger partial charge in [0.1, 0.15) is 29.5 Å². The van der Waals surface area contributed by atoms with Crippen molar-refractivity contribution in [1.29, 1.82) is 0 Å². The van der Waals surface area contributed by atoms with Gasteiger partial charge in [-0.25, -0.2) is 0 Å². The molecule has 61 heavy (non-hydrogen) atoms. The number of aryl methyl sites for hydroxylation is 3. The van der Waals surface area contributed by atoms with Crippen LogP contribution < -0.4 is 8.37 Å². The number of amides is 2. The number of nitrogens with zero attached hydrogens (tertiary/aromatic N) is 3. The van der Waals surface area contributed by atoms with E-state index in [4.69, 9.17) is 22.6 Å². The summed E-state index contributed by atoms with van der Waals surface area (Å²) in [4.78, 5) is 30.4. The quantitative estimate of drug-likeness (QED) is 0.159.